The molecular weight excluding hydrogens is 398 g/mol. The average Bonchev–Trinajstić information content (AvgIpc) is 3.44. The van der Waals surface area contributed by atoms with Crippen LogP contribution in [-0.4, -0.2) is 31.5 Å². The van der Waals surface area contributed by atoms with E-state index in [2.05, 4.69) is 4.72 Å². The number of sulfonamides is 1. The van der Waals surface area contributed by atoms with E-state index in [1.54, 1.807) is 31.2 Å². The van der Waals surface area contributed by atoms with E-state index in [9.17, 15) is 18.3 Å². The molecule has 1 atom stereocenters. The largest absolute Gasteiger partial charge is 0.381 e. The maximum absolute atomic E-state index is 13.0. The average molecular weight is 428 g/mol. The Morgan fingerprint density at radius 3 is 2.33 bits per heavy atom. The standard InChI is InChI=1S/C24H29NO4S/c1-15-7-9-18(10-8-15)30(28,29)25-13-5-6-19-16(2)14-20-21(19)17(3)24(11-12-24)23(4,27)22(20)26/h7-10,14,25,27H,5-6,11-13H2,1-4H3/t23-/m0/s1. The highest BCUT2D eigenvalue weighted by Crippen LogP contribution is 2.65. The van der Waals surface area contributed by atoms with Crippen LogP contribution in [0.3, 0.4) is 0 Å². The van der Waals surface area contributed by atoms with E-state index >= 15 is 0 Å². The number of carbonyl (C=O) groups excluding carboxylic acids is 1. The first-order chi connectivity index (χ1) is 14.0. The number of aryl methyl sites for hydroxylation is 1. The first kappa shape index (κ1) is 21.2. The second-order valence-corrected chi connectivity index (χ2v) is 10.8. The van der Waals surface area contributed by atoms with Crippen molar-refractivity contribution in [1.82, 2.24) is 4.72 Å². The highest BCUT2D eigenvalue weighted by molar-refractivity contribution is 7.89. The van der Waals surface area contributed by atoms with E-state index in [1.807, 2.05) is 26.8 Å². The molecule has 2 N–H and O–H groups in total. The van der Waals surface area contributed by atoms with Crippen LogP contribution in [0.2, 0.25) is 0 Å². The minimum absolute atomic E-state index is 0.185. The van der Waals surface area contributed by atoms with Crippen LogP contribution in [0, 0.1) is 12.3 Å². The van der Waals surface area contributed by atoms with Crippen LogP contribution in [0.1, 0.15) is 52.0 Å². The molecule has 0 aliphatic heterocycles. The summed E-state index contributed by atoms with van der Waals surface area (Å²) in [5.74, 6) is -0.185. The molecule has 1 fully saturated rings. The normalized spacial score (nSPS) is 25.1. The van der Waals surface area contributed by atoms with Crippen molar-refractivity contribution >= 4 is 15.8 Å². The molecule has 30 heavy (non-hydrogen) atoms. The Morgan fingerprint density at radius 1 is 1.10 bits per heavy atom. The Kier molecular flexibility index (Phi) is 4.96. The predicted octanol–water partition coefficient (Wildman–Crippen LogP) is 3.74. The van der Waals surface area contributed by atoms with Crippen LogP contribution in [0.15, 0.2) is 63.1 Å². The van der Waals surface area contributed by atoms with Gasteiger partial charge in [-0.2, -0.15) is 0 Å². The predicted molar refractivity (Wildman–Crippen MR) is 116 cm³/mol. The molecule has 4 rings (SSSR count). The molecule has 3 aliphatic rings. The molecular formula is C24H29NO4S. The van der Waals surface area contributed by atoms with Gasteiger partial charge in [0.05, 0.1) is 4.90 Å². The van der Waals surface area contributed by atoms with Crippen LogP contribution in [-0.2, 0) is 14.8 Å². The van der Waals surface area contributed by atoms with Gasteiger partial charge in [-0.05, 0) is 88.3 Å². The zero-order valence-electron chi connectivity index (χ0n) is 18.0. The molecule has 0 aromatic heterocycles. The Balaban J connectivity index is 1.47. The number of allylic oxidation sites excluding steroid dienone is 4. The van der Waals surface area contributed by atoms with Gasteiger partial charge in [0, 0.05) is 17.5 Å². The van der Waals surface area contributed by atoms with Gasteiger partial charge in [-0.3, -0.25) is 4.79 Å². The lowest BCUT2D eigenvalue weighted by atomic mass is 9.67. The summed E-state index contributed by atoms with van der Waals surface area (Å²) >= 11 is 0. The number of aliphatic hydroxyl groups is 1. The molecule has 0 heterocycles. The quantitative estimate of drug-likeness (QED) is 0.678. The molecule has 1 spiro atoms. The van der Waals surface area contributed by atoms with Gasteiger partial charge in [0.2, 0.25) is 10.0 Å². The van der Waals surface area contributed by atoms with Crippen LogP contribution in [0.4, 0.5) is 0 Å². The monoisotopic (exact) mass is 427 g/mol. The maximum atomic E-state index is 13.0. The van der Waals surface area contributed by atoms with Crippen molar-refractivity contribution in [2.75, 3.05) is 6.54 Å². The number of hydrogen-bond donors (Lipinski definition) is 2. The molecule has 5 nitrogen and oxygen atoms in total. The summed E-state index contributed by atoms with van der Waals surface area (Å²) in [4.78, 5) is 13.3. The molecule has 1 aromatic rings. The van der Waals surface area contributed by atoms with Gasteiger partial charge in [0.15, 0.2) is 5.78 Å². The number of nitrogens with one attached hydrogen (secondary N) is 1. The van der Waals surface area contributed by atoms with Gasteiger partial charge in [-0.1, -0.05) is 23.3 Å². The van der Waals surface area contributed by atoms with Crippen molar-refractivity contribution in [3.8, 4) is 0 Å². The zero-order valence-corrected chi connectivity index (χ0v) is 18.8. The lowest BCUT2D eigenvalue weighted by molar-refractivity contribution is -0.137. The van der Waals surface area contributed by atoms with E-state index in [0.717, 1.165) is 40.7 Å². The summed E-state index contributed by atoms with van der Waals surface area (Å²) in [6.07, 6.45) is 4.86. The summed E-state index contributed by atoms with van der Waals surface area (Å²) in [5, 5.41) is 10.9. The molecule has 0 radical (unpaired) electrons. The number of benzene rings is 1. The summed E-state index contributed by atoms with van der Waals surface area (Å²) in [6, 6.07) is 6.79. The highest BCUT2D eigenvalue weighted by atomic mass is 32.2. The van der Waals surface area contributed by atoms with Crippen molar-refractivity contribution in [3.63, 3.8) is 0 Å². The van der Waals surface area contributed by atoms with Crippen molar-refractivity contribution < 1.29 is 18.3 Å². The van der Waals surface area contributed by atoms with E-state index in [1.165, 1.54) is 0 Å². The molecule has 0 amide bonds. The molecule has 160 valence electrons. The fraction of sp³-hybridized carbons (Fsp3) is 0.458. The Labute approximate surface area is 178 Å². The third-order valence-electron chi connectivity index (χ3n) is 7.10. The summed E-state index contributed by atoms with van der Waals surface area (Å²) in [5.41, 5.74) is 4.08. The number of hydrogen-bond acceptors (Lipinski definition) is 4. The number of rotatable bonds is 6. The van der Waals surface area contributed by atoms with Gasteiger partial charge in [-0.25, -0.2) is 13.1 Å². The van der Waals surface area contributed by atoms with Gasteiger partial charge < -0.3 is 5.11 Å². The molecule has 0 unspecified atom stereocenters. The highest BCUT2D eigenvalue weighted by Gasteiger charge is 2.64. The summed E-state index contributed by atoms with van der Waals surface area (Å²) in [6.45, 7) is 7.92. The van der Waals surface area contributed by atoms with Crippen molar-refractivity contribution in [1.29, 1.82) is 0 Å². The van der Waals surface area contributed by atoms with Crippen LogP contribution in [0.5, 0.6) is 0 Å². The third-order valence-corrected chi connectivity index (χ3v) is 8.57. The Hall–Kier alpha value is -2.02. The SMILES string of the molecule is CC1=C(CCCNS(=O)(=O)c2ccc(C)cc2)C2=C(C)C3(CC3)[C@@](C)(O)C(=O)C2=C1. The Bertz CT molecular complexity index is 1110. The van der Waals surface area contributed by atoms with E-state index in [4.69, 9.17) is 0 Å². The van der Waals surface area contributed by atoms with Crippen LogP contribution in [0.25, 0.3) is 0 Å². The fourth-order valence-corrected chi connectivity index (χ4v) is 6.08. The Morgan fingerprint density at radius 2 is 1.73 bits per heavy atom. The van der Waals surface area contributed by atoms with Crippen molar-refractivity contribution in [3.05, 3.63) is 63.8 Å². The molecule has 1 aromatic carbocycles. The maximum Gasteiger partial charge on any atom is 0.240 e. The van der Waals surface area contributed by atoms with Gasteiger partial charge in [0.25, 0.3) is 0 Å². The number of Topliss-reactive ketones (excluding diaryl/α,β-unsaturated/α-hetero) is 1. The first-order valence-corrected chi connectivity index (χ1v) is 12.0. The lowest BCUT2D eigenvalue weighted by Gasteiger charge is -2.39. The minimum Gasteiger partial charge on any atom is -0.381 e. The number of carbonyl (C=O) groups is 1. The molecule has 1 saturated carbocycles. The first-order valence-electron chi connectivity index (χ1n) is 10.5. The zero-order chi connectivity index (χ0) is 21.9. The molecule has 0 bridgehead atoms. The van der Waals surface area contributed by atoms with Crippen LogP contribution >= 0.6 is 0 Å². The second kappa shape index (κ2) is 7.01. The molecule has 0 saturated heterocycles. The van der Waals surface area contributed by atoms with Gasteiger partial charge in [0.1, 0.15) is 5.60 Å². The smallest absolute Gasteiger partial charge is 0.240 e. The molecule has 3 aliphatic carbocycles. The topological polar surface area (TPSA) is 83.5 Å². The van der Waals surface area contributed by atoms with Gasteiger partial charge >= 0.3 is 0 Å². The van der Waals surface area contributed by atoms with Crippen LogP contribution < -0.4 is 4.72 Å². The van der Waals surface area contributed by atoms with E-state index in [0.29, 0.717) is 25.0 Å². The minimum atomic E-state index is -3.53. The number of fused-ring (bicyclic) bond motifs is 1. The third kappa shape index (κ3) is 3.13. The second-order valence-electron chi connectivity index (χ2n) is 9.02. The molecule has 6 heteroatoms. The summed E-state index contributed by atoms with van der Waals surface area (Å²) in [7, 11) is -3.53. The van der Waals surface area contributed by atoms with E-state index in [-0.39, 0.29) is 10.7 Å². The van der Waals surface area contributed by atoms with Gasteiger partial charge in [-0.15, -0.1) is 0 Å². The lowest BCUT2D eigenvalue weighted by Crippen LogP contribution is -2.49. The van der Waals surface area contributed by atoms with E-state index < -0.39 is 21.0 Å². The van der Waals surface area contributed by atoms with Crippen molar-refractivity contribution in [2.24, 2.45) is 5.41 Å². The fourth-order valence-electron chi connectivity index (χ4n) is 5.01. The van der Waals surface area contributed by atoms with Crippen molar-refractivity contribution in [2.45, 2.75) is 63.9 Å². The number of ketones is 1. The summed E-state index contributed by atoms with van der Waals surface area (Å²) < 4.78 is 27.6.